The lowest BCUT2D eigenvalue weighted by Gasteiger charge is -2.06. The van der Waals surface area contributed by atoms with Crippen molar-refractivity contribution in [2.75, 3.05) is 11.1 Å². The second kappa shape index (κ2) is 5.99. The number of unbranched alkanes of at least 4 members (excludes halogenated alkanes) is 1. The molecule has 2 N–H and O–H groups in total. The van der Waals surface area contributed by atoms with Crippen molar-refractivity contribution in [3.63, 3.8) is 0 Å². The summed E-state index contributed by atoms with van der Waals surface area (Å²) in [4.78, 5) is 11.8. The first-order valence-electron chi connectivity index (χ1n) is 5.21. The van der Waals surface area contributed by atoms with Crippen molar-refractivity contribution in [1.82, 2.24) is 0 Å². The van der Waals surface area contributed by atoms with Crippen molar-refractivity contribution in [1.29, 1.82) is 0 Å². The SMILES string of the molecule is Cc1cc(C(=O)CCCCBr)c(N)cc1F. The van der Waals surface area contributed by atoms with Crippen molar-refractivity contribution >= 4 is 27.4 Å². The van der Waals surface area contributed by atoms with Crippen LogP contribution in [-0.2, 0) is 0 Å². The minimum atomic E-state index is -0.366. The van der Waals surface area contributed by atoms with Gasteiger partial charge in [-0.05, 0) is 37.5 Å². The first-order valence-corrected chi connectivity index (χ1v) is 6.33. The number of nitrogen functional groups attached to an aromatic ring is 1. The number of halogens is 2. The van der Waals surface area contributed by atoms with Gasteiger partial charge in [0.05, 0.1) is 0 Å². The number of aryl methyl sites for hydroxylation is 1. The quantitative estimate of drug-likeness (QED) is 0.390. The number of Topliss-reactive ketones (excluding diaryl/α,β-unsaturated/α-hetero) is 1. The van der Waals surface area contributed by atoms with Gasteiger partial charge in [-0.1, -0.05) is 15.9 Å². The molecule has 0 aliphatic heterocycles. The molecule has 0 aliphatic rings. The number of rotatable bonds is 5. The molecule has 2 nitrogen and oxygen atoms in total. The van der Waals surface area contributed by atoms with Crippen molar-refractivity contribution in [3.05, 3.63) is 29.1 Å². The van der Waals surface area contributed by atoms with E-state index in [2.05, 4.69) is 15.9 Å². The van der Waals surface area contributed by atoms with Gasteiger partial charge in [-0.15, -0.1) is 0 Å². The highest BCUT2D eigenvalue weighted by Crippen LogP contribution is 2.19. The molecule has 0 heterocycles. The number of alkyl halides is 1. The molecule has 1 aromatic carbocycles. The number of carbonyl (C=O) groups excluding carboxylic acids is 1. The highest BCUT2D eigenvalue weighted by molar-refractivity contribution is 9.09. The number of carbonyl (C=O) groups is 1. The summed E-state index contributed by atoms with van der Waals surface area (Å²) in [5.41, 5.74) is 6.75. The number of hydrogen-bond acceptors (Lipinski definition) is 2. The molecule has 0 aromatic heterocycles. The molecule has 0 saturated carbocycles. The summed E-state index contributed by atoms with van der Waals surface area (Å²) in [5, 5.41) is 0.887. The molecule has 0 aliphatic carbocycles. The maximum Gasteiger partial charge on any atom is 0.164 e. The third kappa shape index (κ3) is 3.30. The van der Waals surface area contributed by atoms with Crippen LogP contribution in [0.1, 0.15) is 35.2 Å². The molecule has 4 heteroatoms. The van der Waals surface area contributed by atoms with Crippen LogP contribution in [0.2, 0.25) is 0 Å². The molecule has 0 unspecified atom stereocenters. The number of anilines is 1. The number of benzene rings is 1. The Morgan fingerprint density at radius 3 is 2.75 bits per heavy atom. The van der Waals surface area contributed by atoms with Crippen LogP contribution in [0.4, 0.5) is 10.1 Å². The van der Waals surface area contributed by atoms with Gasteiger partial charge in [0, 0.05) is 23.0 Å². The standard InChI is InChI=1S/C12H15BrFNO/c1-8-6-9(11(15)7-10(8)14)12(16)4-2-3-5-13/h6-7H,2-5,15H2,1H3. The van der Waals surface area contributed by atoms with Gasteiger partial charge < -0.3 is 5.73 Å². The molecule has 0 spiro atoms. The van der Waals surface area contributed by atoms with E-state index in [-0.39, 0.29) is 17.3 Å². The first kappa shape index (κ1) is 13.2. The van der Waals surface area contributed by atoms with Crippen LogP contribution < -0.4 is 5.73 Å². The van der Waals surface area contributed by atoms with Crippen molar-refractivity contribution < 1.29 is 9.18 Å². The highest BCUT2D eigenvalue weighted by Gasteiger charge is 2.11. The van der Waals surface area contributed by atoms with Crippen LogP contribution in [0.25, 0.3) is 0 Å². The normalized spacial score (nSPS) is 10.4. The van der Waals surface area contributed by atoms with Crippen LogP contribution >= 0.6 is 15.9 Å². The second-order valence-corrected chi connectivity index (χ2v) is 4.55. The zero-order valence-corrected chi connectivity index (χ0v) is 10.8. The van der Waals surface area contributed by atoms with Crippen LogP contribution in [0.15, 0.2) is 12.1 Å². The third-order valence-corrected chi connectivity index (χ3v) is 2.98. The fourth-order valence-electron chi connectivity index (χ4n) is 1.45. The van der Waals surface area contributed by atoms with Gasteiger partial charge in [0.25, 0.3) is 0 Å². The summed E-state index contributed by atoms with van der Waals surface area (Å²) in [5.74, 6) is -0.379. The topological polar surface area (TPSA) is 43.1 Å². The van der Waals surface area contributed by atoms with Crippen molar-refractivity contribution in [2.24, 2.45) is 0 Å². The molecule has 1 aromatic rings. The summed E-state index contributed by atoms with van der Waals surface area (Å²) < 4.78 is 13.1. The Labute approximate surface area is 103 Å². The fourth-order valence-corrected chi connectivity index (χ4v) is 1.85. The van der Waals surface area contributed by atoms with Gasteiger partial charge >= 0.3 is 0 Å². The third-order valence-electron chi connectivity index (χ3n) is 2.42. The Morgan fingerprint density at radius 1 is 1.44 bits per heavy atom. The van der Waals surface area contributed by atoms with E-state index < -0.39 is 0 Å². The summed E-state index contributed by atoms with van der Waals surface area (Å²) in [6.07, 6.45) is 2.23. The fraction of sp³-hybridized carbons (Fsp3) is 0.417. The largest absolute Gasteiger partial charge is 0.398 e. The lowest BCUT2D eigenvalue weighted by Crippen LogP contribution is -2.05. The number of ketones is 1. The van der Waals surface area contributed by atoms with Crippen LogP contribution in [0, 0.1) is 12.7 Å². The number of nitrogens with two attached hydrogens (primary N) is 1. The predicted molar refractivity (Wildman–Crippen MR) is 67.5 cm³/mol. The summed E-state index contributed by atoms with van der Waals surface area (Å²) >= 11 is 3.31. The summed E-state index contributed by atoms with van der Waals surface area (Å²) in [6, 6.07) is 2.74. The summed E-state index contributed by atoms with van der Waals surface area (Å²) in [7, 11) is 0. The smallest absolute Gasteiger partial charge is 0.164 e. The van der Waals surface area contributed by atoms with E-state index in [1.54, 1.807) is 6.92 Å². The molecule has 0 bridgehead atoms. The molecule has 1 rings (SSSR count). The zero-order chi connectivity index (χ0) is 12.1. The Balaban J connectivity index is 2.79. The maximum absolute atomic E-state index is 13.1. The summed E-state index contributed by atoms with van der Waals surface area (Å²) in [6.45, 7) is 1.63. The van der Waals surface area contributed by atoms with Crippen LogP contribution in [-0.4, -0.2) is 11.1 Å². The molecule has 88 valence electrons. The Kier molecular flexibility index (Phi) is 4.93. The lowest BCUT2D eigenvalue weighted by atomic mass is 10.0. The molecule has 16 heavy (non-hydrogen) atoms. The van der Waals surface area contributed by atoms with Gasteiger partial charge in [-0.25, -0.2) is 4.39 Å². The van der Waals surface area contributed by atoms with Gasteiger partial charge in [-0.2, -0.15) is 0 Å². The average molecular weight is 288 g/mol. The Hall–Kier alpha value is -0.900. The Bertz CT molecular complexity index is 393. The zero-order valence-electron chi connectivity index (χ0n) is 9.22. The van der Waals surface area contributed by atoms with Crippen molar-refractivity contribution in [2.45, 2.75) is 26.2 Å². The molecular weight excluding hydrogens is 273 g/mol. The van der Waals surface area contributed by atoms with Gasteiger partial charge in [0.2, 0.25) is 0 Å². The van der Waals surface area contributed by atoms with E-state index in [1.165, 1.54) is 12.1 Å². The highest BCUT2D eigenvalue weighted by atomic mass is 79.9. The minimum Gasteiger partial charge on any atom is -0.398 e. The molecular formula is C12H15BrFNO. The van der Waals surface area contributed by atoms with E-state index in [4.69, 9.17) is 5.73 Å². The lowest BCUT2D eigenvalue weighted by molar-refractivity contribution is 0.0980. The monoisotopic (exact) mass is 287 g/mol. The molecule has 0 atom stereocenters. The Morgan fingerprint density at radius 2 is 2.12 bits per heavy atom. The maximum atomic E-state index is 13.1. The average Bonchev–Trinajstić information content (AvgIpc) is 2.23. The van der Waals surface area contributed by atoms with E-state index in [0.29, 0.717) is 17.5 Å². The predicted octanol–water partition coefficient (Wildman–Crippen LogP) is 3.46. The van der Waals surface area contributed by atoms with E-state index >= 15 is 0 Å². The van der Waals surface area contributed by atoms with Crippen LogP contribution in [0.3, 0.4) is 0 Å². The van der Waals surface area contributed by atoms with Gasteiger partial charge in [0.1, 0.15) is 5.82 Å². The molecule has 0 fully saturated rings. The molecule has 0 saturated heterocycles. The van der Waals surface area contributed by atoms with E-state index in [0.717, 1.165) is 18.2 Å². The van der Waals surface area contributed by atoms with Crippen LogP contribution in [0.5, 0.6) is 0 Å². The van der Waals surface area contributed by atoms with Gasteiger partial charge in [0.15, 0.2) is 5.78 Å². The second-order valence-electron chi connectivity index (χ2n) is 3.76. The number of hydrogen-bond donors (Lipinski definition) is 1. The van der Waals surface area contributed by atoms with E-state index in [1.807, 2.05) is 0 Å². The van der Waals surface area contributed by atoms with E-state index in [9.17, 15) is 9.18 Å². The van der Waals surface area contributed by atoms with Gasteiger partial charge in [-0.3, -0.25) is 4.79 Å². The molecule has 0 radical (unpaired) electrons. The molecule has 0 amide bonds. The first-order chi connectivity index (χ1) is 7.56. The minimum absolute atomic E-state index is 0.0125. The van der Waals surface area contributed by atoms with Crippen molar-refractivity contribution in [3.8, 4) is 0 Å².